The molecule has 1 amide bonds. The first-order valence-corrected chi connectivity index (χ1v) is 32.0. The fourth-order valence-electron chi connectivity index (χ4n) is 10.1. The van der Waals surface area contributed by atoms with Crippen LogP contribution in [0.25, 0.3) is 0 Å². The highest BCUT2D eigenvalue weighted by Gasteiger charge is 2.53. The highest BCUT2D eigenvalue weighted by molar-refractivity contribution is 5.76. The Morgan fingerprint density at radius 1 is 0.435 bits per heavy atom. The summed E-state index contributed by atoms with van der Waals surface area (Å²) >= 11 is 0. The van der Waals surface area contributed by atoms with Crippen molar-refractivity contribution in [1.29, 1.82) is 0 Å². The third-order valence-electron chi connectivity index (χ3n) is 15.3. The molecule has 488 valence electrons. The fraction of sp³-hybridized carbons (Fsp3) is 0.742. The van der Waals surface area contributed by atoms with Crippen molar-refractivity contribution in [2.24, 2.45) is 0 Å². The Balaban J connectivity index is 1.47. The van der Waals surface area contributed by atoms with Gasteiger partial charge >= 0.3 is 0 Å². The van der Waals surface area contributed by atoms with Crippen LogP contribution in [0.3, 0.4) is 0 Å². The number of unbranched alkanes of at least 4 members (excludes halogenated alkanes) is 16. The Morgan fingerprint density at radius 3 is 1.32 bits per heavy atom. The quantitative estimate of drug-likeness (QED) is 0.0217. The van der Waals surface area contributed by atoms with Crippen molar-refractivity contribution in [3.05, 3.63) is 97.2 Å². The summed E-state index contributed by atoms with van der Waals surface area (Å²) in [4.78, 5) is 13.4. The van der Waals surface area contributed by atoms with Crippen LogP contribution in [0.2, 0.25) is 0 Å². The van der Waals surface area contributed by atoms with Crippen molar-refractivity contribution < 1.29 is 89.4 Å². The first-order chi connectivity index (χ1) is 41.3. The number of aliphatic hydroxyl groups is 11. The average molecular weight is 1210 g/mol. The minimum Gasteiger partial charge on any atom is -0.394 e. The van der Waals surface area contributed by atoms with Crippen LogP contribution in [0.5, 0.6) is 0 Å². The molecule has 17 unspecified atom stereocenters. The van der Waals surface area contributed by atoms with Gasteiger partial charge < -0.3 is 89.9 Å². The SMILES string of the molecule is CC/C=C\C/C=C\C/C=C\C/C=C\C/C=C\CCCCCCCCCCCC(=O)NC(COC1OC(CO)C(OC2OC(CO)C(OC3OC(CO)C(O)C(O)C3O)C(O)C2O)C(O)C1O)C(O)/C=C/CC/C=C/CC/C=C/CCCCCCC. The minimum atomic E-state index is -1.99. The maximum Gasteiger partial charge on any atom is 0.220 e. The van der Waals surface area contributed by atoms with Gasteiger partial charge in [0, 0.05) is 6.42 Å². The molecule has 0 aliphatic carbocycles. The Labute approximate surface area is 507 Å². The van der Waals surface area contributed by atoms with E-state index < -0.39 is 124 Å². The van der Waals surface area contributed by atoms with Gasteiger partial charge in [-0.25, -0.2) is 0 Å². The van der Waals surface area contributed by atoms with Crippen LogP contribution >= 0.6 is 0 Å². The van der Waals surface area contributed by atoms with E-state index in [1.807, 2.05) is 6.08 Å². The van der Waals surface area contributed by atoms with Gasteiger partial charge in [0.05, 0.1) is 38.6 Å². The van der Waals surface area contributed by atoms with Gasteiger partial charge in [0.2, 0.25) is 5.91 Å². The van der Waals surface area contributed by atoms with Crippen molar-refractivity contribution in [3.8, 4) is 0 Å². The van der Waals surface area contributed by atoms with Crippen LogP contribution in [-0.4, -0.2) is 193 Å². The number of hydrogen-bond donors (Lipinski definition) is 12. The molecule has 0 saturated carbocycles. The Kier molecular flexibility index (Phi) is 42.6. The van der Waals surface area contributed by atoms with Crippen LogP contribution in [0, 0.1) is 0 Å². The summed E-state index contributed by atoms with van der Waals surface area (Å²) < 4.78 is 34.2. The molecule has 3 heterocycles. The number of carbonyl (C=O) groups is 1. The molecule has 3 rings (SSSR count). The van der Waals surface area contributed by atoms with E-state index in [1.165, 1.54) is 57.8 Å². The van der Waals surface area contributed by atoms with E-state index >= 15 is 0 Å². The maximum atomic E-state index is 13.4. The molecule has 0 radical (unpaired) electrons. The lowest BCUT2D eigenvalue weighted by atomic mass is 9.96. The smallest absolute Gasteiger partial charge is 0.220 e. The molecule has 19 nitrogen and oxygen atoms in total. The molecule has 3 aliphatic rings. The third-order valence-corrected chi connectivity index (χ3v) is 15.3. The van der Waals surface area contributed by atoms with Crippen molar-refractivity contribution in [3.63, 3.8) is 0 Å². The lowest BCUT2D eigenvalue weighted by molar-refractivity contribution is -0.379. The van der Waals surface area contributed by atoms with Crippen LogP contribution < -0.4 is 5.32 Å². The van der Waals surface area contributed by atoms with Gasteiger partial charge in [-0.05, 0) is 89.9 Å². The summed E-state index contributed by atoms with van der Waals surface area (Å²) in [5.74, 6) is -0.302. The zero-order chi connectivity index (χ0) is 61.9. The van der Waals surface area contributed by atoms with E-state index in [2.05, 4.69) is 104 Å². The molecule has 17 atom stereocenters. The normalized spacial score (nSPS) is 29.6. The lowest BCUT2D eigenvalue weighted by Crippen LogP contribution is -2.66. The van der Waals surface area contributed by atoms with Gasteiger partial charge in [0.1, 0.15) is 73.2 Å². The number of carbonyl (C=O) groups excluding carboxylic acids is 1. The summed E-state index contributed by atoms with van der Waals surface area (Å²) in [7, 11) is 0. The summed E-state index contributed by atoms with van der Waals surface area (Å²) in [6, 6.07) is -1.01. The lowest BCUT2D eigenvalue weighted by Gasteiger charge is -2.48. The number of nitrogens with one attached hydrogen (secondary N) is 1. The summed E-state index contributed by atoms with van der Waals surface area (Å²) in [5.41, 5.74) is 0. The average Bonchev–Trinajstić information content (AvgIpc) is 3.63. The second-order valence-electron chi connectivity index (χ2n) is 22.5. The van der Waals surface area contributed by atoms with Crippen molar-refractivity contribution in [2.45, 2.75) is 285 Å². The zero-order valence-corrected chi connectivity index (χ0v) is 51.0. The zero-order valence-electron chi connectivity index (χ0n) is 51.0. The van der Waals surface area contributed by atoms with Crippen molar-refractivity contribution in [1.82, 2.24) is 5.32 Å². The summed E-state index contributed by atoms with van der Waals surface area (Å²) in [6.45, 7) is 1.54. The molecule has 0 aromatic rings. The molecule has 3 fully saturated rings. The predicted octanol–water partition coefficient (Wildman–Crippen LogP) is 6.93. The van der Waals surface area contributed by atoms with Gasteiger partial charge in [0.25, 0.3) is 0 Å². The van der Waals surface area contributed by atoms with Gasteiger partial charge in [-0.1, -0.05) is 182 Å². The van der Waals surface area contributed by atoms with E-state index in [1.54, 1.807) is 6.08 Å². The standard InChI is InChI=1S/C66H111NO18/c1-3-5-7-9-11-13-15-17-19-20-21-22-23-24-25-26-27-28-30-32-34-36-38-40-42-44-54(72)67-49(50(71)43-41-39-37-35-33-31-29-18-16-14-12-10-8-6-4-2)48-80-64-60(78)57(75)62(52(46-69)82-64)85-66-61(79)58(76)63(53(47-70)83-66)84-65-59(77)56(74)55(73)51(45-68)81-65/h5,7,11,13,16-19,21-22,24-25,33,35,41,43,49-53,55-66,68-71,73-79H,3-4,6,8-10,12,14-15,20,23,26-32,34,36-40,42,44-48H2,1-2H3,(H,67,72)/b7-5-,13-11-,18-16+,19-17-,22-21-,25-24-,35-33+,43-41+. The van der Waals surface area contributed by atoms with E-state index in [0.717, 1.165) is 89.9 Å². The molecule has 3 saturated heterocycles. The highest BCUT2D eigenvalue weighted by atomic mass is 16.8. The predicted molar refractivity (Wildman–Crippen MR) is 327 cm³/mol. The van der Waals surface area contributed by atoms with Crippen LogP contribution in [-0.2, 0) is 33.2 Å². The molecule has 0 aromatic carbocycles. The number of hydrogen-bond acceptors (Lipinski definition) is 18. The second kappa shape index (κ2) is 47.7. The molecule has 3 aliphatic heterocycles. The maximum absolute atomic E-state index is 13.4. The van der Waals surface area contributed by atoms with E-state index in [4.69, 9.17) is 28.4 Å². The highest BCUT2D eigenvalue weighted by Crippen LogP contribution is 2.33. The van der Waals surface area contributed by atoms with Crippen molar-refractivity contribution in [2.75, 3.05) is 26.4 Å². The summed E-state index contributed by atoms with van der Waals surface area (Å²) in [5, 5.41) is 120. The van der Waals surface area contributed by atoms with Crippen LogP contribution in [0.4, 0.5) is 0 Å². The van der Waals surface area contributed by atoms with Gasteiger partial charge in [-0.2, -0.15) is 0 Å². The number of rotatable bonds is 46. The van der Waals surface area contributed by atoms with E-state index in [0.29, 0.717) is 12.8 Å². The first kappa shape index (κ1) is 76.0. The first-order valence-electron chi connectivity index (χ1n) is 32.0. The molecular formula is C66H111NO18. The van der Waals surface area contributed by atoms with Crippen molar-refractivity contribution >= 4 is 5.91 Å². The number of aliphatic hydroxyl groups excluding tert-OH is 11. The molecule has 0 bridgehead atoms. The van der Waals surface area contributed by atoms with E-state index in [9.17, 15) is 61.0 Å². The monoisotopic (exact) mass is 1210 g/mol. The Bertz CT molecular complexity index is 1920. The topological polar surface area (TPSA) is 307 Å². The fourth-order valence-corrected chi connectivity index (χ4v) is 10.1. The van der Waals surface area contributed by atoms with Gasteiger partial charge in [-0.3, -0.25) is 4.79 Å². The molecule has 0 spiro atoms. The second-order valence-corrected chi connectivity index (χ2v) is 22.5. The Morgan fingerprint density at radius 2 is 0.824 bits per heavy atom. The third kappa shape index (κ3) is 30.7. The van der Waals surface area contributed by atoms with Crippen LogP contribution in [0.15, 0.2) is 97.2 Å². The molecule has 0 aromatic heterocycles. The molecule has 85 heavy (non-hydrogen) atoms. The molecule has 12 N–H and O–H groups in total. The summed E-state index contributed by atoms with van der Waals surface area (Å²) in [6.07, 6.45) is 33.8. The number of amides is 1. The number of ether oxygens (including phenoxy) is 6. The largest absolute Gasteiger partial charge is 0.394 e. The van der Waals surface area contributed by atoms with E-state index in [-0.39, 0.29) is 18.9 Å². The molecular weight excluding hydrogens is 1090 g/mol. The molecule has 19 heteroatoms. The van der Waals surface area contributed by atoms with Gasteiger partial charge in [-0.15, -0.1) is 0 Å². The van der Waals surface area contributed by atoms with Crippen LogP contribution in [0.1, 0.15) is 181 Å². The Hall–Kier alpha value is -3.29. The minimum absolute atomic E-state index is 0.218. The number of allylic oxidation sites excluding steroid dienone is 15. The van der Waals surface area contributed by atoms with Gasteiger partial charge in [0.15, 0.2) is 18.9 Å².